The number of carbonyl (C=O) groups excluding carboxylic acids is 1. The number of carbonyl (C=O) groups is 2. The molecule has 2 N–H and O–H groups in total. The molecule has 108 valence electrons. The number of benzene rings is 1. The van der Waals surface area contributed by atoms with Crippen LogP contribution in [0, 0.1) is 5.92 Å². The second-order valence-corrected chi connectivity index (χ2v) is 5.39. The molecule has 20 heavy (non-hydrogen) atoms. The lowest BCUT2D eigenvalue weighted by molar-refractivity contribution is -0.142. The molecule has 0 fully saturated rings. The molecule has 0 aliphatic rings. The summed E-state index contributed by atoms with van der Waals surface area (Å²) in [5.74, 6) is -1.73. The fourth-order valence-electron chi connectivity index (χ4n) is 1.50. The van der Waals surface area contributed by atoms with Gasteiger partial charge in [0.15, 0.2) is 0 Å². The highest BCUT2D eigenvalue weighted by molar-refractivity contribution is 6.42. The van der Waals surface area contributed by atoms with E-state index in [4.69, 9.17) is 28.3 Å². The lowest BCUT2D eigenvalue weighted by Gasteiger charge is -2.16. The van der Waals surface area contributed by atoms with E-state index in [9.17, 15) is 9.59 Å². The molecule has 0 saturated carbocycles. The summed E-state index contributed by atoms with van der Waals surface area (Å²) < 4.78 is 0. The number of amides is 1. The second-order valence-electron chi connectivity index (χ2n) is 4.58. The minimum Gasteiger partial charge on any atom is -0.480 e. The average Bonchev–Trinajstić information content (AvgIpc) is 2.36. The van der Waals surface area contributed by atoms with Crippen LogP contribution in [-0.4, -0.2) is 23.0 Å². The van der Waals surface area contributed by atoms with Crippen LogP contribution in [0.5, 0.6) is 0 Å². The van der Waals surface area contributed by atoms with Crippen molar-refractivity contribution in [3.05, 3.63) is 39.9 Å². The van der Waals surface area contributed by atoms with Crippen molar-refractivity contribution in [3.63, 3.8) is 0 Å². The Hall–Kier alpha value is -1.52. The minimum atomic E-state index is -1.06. The van der Waals surface area contributed by atoms with E-state index in [-0.39, 0.29) is 5.92 Å². The number of hydrogen-bond donors (Lipinski definition) is 2. The molecule has 0 unspecified atom stereocenters. The predicted molar refractivity (Wildman–Crippen MR) is 79.9 cm³/mol. The largest absolute Gasteiger partial charge is 0.480 e. The topological polar surface area (TPSA) is 66.4 Å². The van der Waals surface area contributed by atoms with Gasteiger partial charge in [0.1, 0.15) is 6.04 Å². The quantitative estimate of drug-likeness (QED) is 0.820. The van der Waals surface area contributed by atoms with E-state index in [0.29, 0.717) is 15.6 Å². The highest BCUT2D eigenvalue weighted by Crippen LogP contribution is 2.23. The van der Waals surface area contributed by atoms with Crippen molar-refractivity contribution in [1.29, 1.82) is 0 Å². The Morgan fingerprint density at radius 1 is 1.25 bits per heavy atom. The fraction of sp³-hybridized carbons (Fsp3) is 0.286. The van der Waals surface area contributed by atoms with Crippen molar-refractivity contribution in [2.45, 2.75) is 19.9 Å². The van der Waals surface area contributed by atoms with Gasteiger partial charge >= 0.3 is 5.97 Å². The molecule has 0 aromatic heterocycles. The smallest absolute Gasteiger partial charge is 0.326 e. The maximum Gasteiger partial charge on any atom is 0.326 e. The zero-order valence-corrected chi connectivity index (χ0v) is 12.6. The Morgan fingerprint density at radius 3 is 2.40 bits per heavy atom. The molecule has 0 heterocycles. The predicted octanol–water partition coefficient (Wildman–Crippen LogP) is 3.23. The molecular weight excluding hydrogens is 301 g/mol. The molecule has 0 radical (unpaired) electrons. The molecule has 1 aromatic carbocycles. The molecule has 0 aliphatic heterocycles. The van der Waals surface area contributed by atoms with Gasteiger partial charge < -0.3 is 10.4 Å². The standard InChI is InChI=1S/C14H15Cl2NO3/c1-8(2)13(14(19)20)17-12(18)6-4-9-3-5-10(15)11(16)7-9/h3-8,13H,1-2H3,(H,17,18)(H,19,20)/b6-4+/t13-/m1/s1. The molecule has 1 aromatic rings. The molecule has 0 bridgehead atoms. The summed E-state index contributed by atoms with van der Waals surface area (Å²) in [4.78, 5) is 22.6. The van der Waals surface area contributed by atoms with Crippen LogP contribution in [0.15, 0.2) is 24.3 Å². The Bertz CT molecular complexity index is 541. The lowest BCUT2D eigenvalue weighted by Crippen LogP contribution is -2.43. The Kier molecular flexibility index (Phi) is 6.05. The molecule has 0 aliphatic carbocycles. The van der Waals surface area contributed by atoms with Crippen molar-refractivity contribution in [2.75, 3.05) is 0 Å². The van der Waals surface area contributed by atoms with Crippen LogP contribution < -0.4 is 5.32 Å². The number of rotatable bonds is 5. The number of halogens is 2. The summed E-state index contributed by atoms with van der Waals surface area (Å²) in [6.45, 7) is 3.45. The number of carboxylic acid groups (broad SMARTS) is 1. The van der Waals surface area contributed by atoms with E-state index in [0.717, 1.165) is 0 Å². The number of carboxylic acids is 1. The van der Waals surface area contributed by atoms with Crippen LogP contribution in [0.1, 0.15) is 19.4 Å². The van der Waals surface area contributed by atoms with Crippen molar-refractivity contribution in [1.82, 2.24) is 5.32 Å². The average molecular weight is 316 g/mol. The molecule has 6 heteroatoms. The van der Waals surface area contributed by atoms with E-state index in [1.165, 1.54) is 12.2 Å². The highest BCUT2D eigenvalue weighted by Gasteiger charge is 2.22. The first-order valence-electron chi connectivity index (χ1n) is 5.97. The van der Waals surface area contributed by atoms with E-state index < -0.39 is 17.9 Å². The molecule has 1 amide bonds. The normalized spacial score (nSPS) is 12.7. The van der Waals surface area contributed by atoms with Crippen LogP contribution in [-0.2, 0) is 9.59 Å². The van der Waals surface area contributed by atoms with Gasteiger partial charge in [-0.15, -0.1) is 0 Å². The van der Waals surface area contributed by atoms with Gasteiger partial charge in [-0.2, -0.15) is 0 Å². The van der Waals surface area contributed by atoms with Crippen LogP contribution >= 0.6 is 23.2 Å². The summed E-state index contributed by atoms with van der Waals surface area (Å²) in [5.41, 5.74) is 0.700. The summed E-state index contributed by atoms with van der Waals surface area (Å²) >= 11 is 11.6. The van der Waals surface area contributed by atoms with Gasteiger partial charge in [0.2, 0.25) is 5.91 Å². The number of nitrogens with one attached hydrogen (secondary N) is 1. The first kappa shape index (κ1) is 16.5. The summed E-state index contributed by atoms with van der Waals surface area (Å²) in [6, 6.07) is 4.02. The Balaban J connectivity index is 2.72. The molecule has 0 saturated heterocycles. The van der Waals surface area contributed by atoms with Crippen LogP contribution in [0.3, 0.4) is 0 Å². The number of aliphatic carboxylic acids is 1. The lowest BCUT2D eigenvalue weighted by atomic mass is 10.0. The van der Waals surface area contributed by atoms with E-state index >= 15 is 0 Å². The van der Waals surface area contributed by atoms with Gasteiger partial charge in [0.25, 0.3) is 0 Å². The third-order valence-electron chi connectivity index (χ3n) is 2.60. The summed E-state index contributed by atoms with van der Waals surface area (Å²) in [7, 11) is 0. The van der Waals surface area contributed by atoms with Crippen molar-refractivity contribution >= 4 is 41.2 Å². The summed E-state index contributed by atoms with van der Waals surface area (Å²) in [5, 5.41) is 12.2. The van der Waals surface area contributed by atoms with Gasteiger partial charge in [-0.1, -0.05) is 43.1 Å². The molecule has 0 spiro atoms. The zero-order valence-electron chi connectivity index (χ0n) is 11.1. The van der Waals surface area contributed by atoms with Crippen molar-refractivity contribution < 1.29 is 14.7 Å². The van der Waals surface area contributed by atoms with Crippen molar-refractivity contribution in [3.8, 4) is 0 Å². The van der Waals surface area contributed by atoms with Crippen LogP contribution in [0.25, 0.3) is 6.08 Å². The van der Waals surface area contributed by atoms with Gasteiger partial charge in [-0.05, 0) is 29.7 Å². The fourth-order valence-corrected chi connectivity index (χ4v) is 1.81. The van der Waals surface area contributed by atoms with Gasteiger partial charge in [0.05, 0.1) is 10.0 Å². The molecule has 1 atom stereocenters. The highest BCUT2D eigenvalue weighted by atomic mass is 35.5. The number of hydrogen-bond acceptors (Lipinski definition) is 2. The SMILES string of the molecule is CC(C)[C@@H](NC(=O)/C=C/c1ccc(Cl)c(Cl)c1)C(=O)O. The van der Waals surface area contributed by atoms with E-state index in [1.54, 1.807) is 32.0 Å². The Morgan fingerprint density at radius 2 is 1.90 bits per heavy atom. The Labute approximate surface area is 127 Å². The van der Waals surface area contributed by atoms with E-state index in [1.807, 2.05) is 0 Å². The molecular formula is C14H15Cl2NO3. The molecule has 4 nitrogen and oxygen atoms in total. The zero-order chi connectivity index (χ0) is 15.3. The first-order valence-corrected chi connectivity index (χ1v) is 6.73. The van der Waals surface area contributed by atoms with Crippen LogP contribution in [0.2, 0.25) is 10.0 Å². The second kappa shape index (κ2) is 7.31. The van der Waals surface area contributed by atoms with Crippen LogP contribution in [0.4, 0.5) is 0 Å². The maximum absolute atomic E-state index is 11.7. The van der Waals surface area contributed by atoms with E-state index in [2.05, 4.69) is 5.32 Å². The van der Waals surface area contributed by atoms with Gasteiger partial charge in [-0.25, -0.2) is 4.79 Å². The monoisotopic (exact) mass is 315 g/mol. The van der Waals surface area contributed by atoms with Gasteiger partial charge in [0, 0.05) is 6.08 Å². The third kappa shape index (κ3) is 4.87. The minimum absolute atomic E-state index is 0.199. The third-order valence-corrected chi connectivity index (χ3v) is 3.34. The first-order chi connectivity index (χ1) is 9.31. The van der Waals surface area contributed by atoms with Crippen molar-refractivity contribution in [2.24, 2.45) is 5.92 Å². The molecule has 1 rings (SSSR count). The maximum atomic E-state index is 11.7. The van der Waals surface area contributed by atoms with Gasteiger partial charge in [-0.3, -0.25) is 4.79 Å². The summed E-state index contributed by atoms with van der Waals surface area (Å²) in [6.07, 6.45) is 2.80.